The molecule has 6 nitrogen and oxygen atoms in total. The van der Waals surface area contributed by atoms with Crippen LogP contribution in [0, 0.1) is 0 Å². The lowest BCUT2D eigenvalue weighted by atomic mass is 10.1. The molecule has 162 valence electrons. The summed E-state index contributed by atoms with van der Waals surface area (Å²) in [6.45, 7) is 12.8. The van der Waals surface area contributed by atoms with Gasteiger partial charge in [0.05, 0.1) is 25.8 Å². The molecule has 2 N–H and O–H groups in total. The van der Waals surface area contributed by atoms with Gasteiger partial charge in [-0.25, -0.2) is 9.98 Å². The molecule has 2 rings (SSSR count). The van der Waals surface area contributed by atoms with Gasteiger partial charge in [-0.15, -0.1) is 35.3 Å². The third kappa shape index (κ3) is 8.00. The van der Waals surface area contributed by atoms with Gasteiger partial charge in [0, 0.05) is 17.6 Å². The van der Waals surface area contributed by atoms with Gasteiger partial charge in [0.1, 0.15) is 5.01 Å². The first-order chi connectivity index (χ1) is 13.6. The normalized spacial score (nSPS) is 12.1. The van der Waals surface area contributed by atoms with E-state index in [0.717, 1.165) is 41.0 Å². The average molecular weight is 532 g/mol. The molecule has 2 aromatic rings. The minimum absolute atomic E-state index is 0. The largest absolute Gasteiger partial charge is 0.490 e. The van der Waals surface area contributed by atoms with Gasteiger partial charge >= 0.3 is 0 Å². The van der Waals surface area contributed by atoms with E-state index in [4.69, 9.17) is 9.47 Å². The Bertz CT molecular complexity index is 767. The quantitative estimate of drug-likeness (QED) is 0.258. The SMILES string of the molecule is CCNC(=NCc1ncc(CC)s1)NC(C)c1ccc(OCC)c(OCC)c1.I. The molecule has 0 fully saturated rings. The molecule has 0 saturated heterocycles. The molecule has 0 bridgehead atoms. The van der Waals surface area contributed by atoms with Crippen LogP contribution in [-0.2, 0) is 13.0 Å². The summed E-state index contributed by atoms with van der Waals surface area (Å²) in [5.41, 5.74) is 1.11. The maximum absolute atomic E-state index is 5.75. The second-order valence-corrected chi connectivity index (χ2v) is 7.41. The predicted octanol–water partition coefficient (Wildman–Crippen LogP) is 4.94. The molecule has 0 aliphatic heterocycles. The molecule has 1 aromatic carbocycles. The summed E-state index contributed by atoms with van der Waals surface area (Å²) in [7, 11) is 0. The Balaban J connectivity index is 0.00000420. The van der Waals surface area contributed by atoms with E-state index in [0.29, 0.717) is 19.8 Å². The number of aryl methyl sites for hydroxylation is 1. The number of benzene rings is 1. The van der Waals surface area contributed by atoms with Gasteiger partial charge in [0.15, 0.2) is 17.5 Å². The molecule has 1 aromatic heterocycles. The molecule has 0 aliphatic carbocycles. The molecular weight excluding hydrogens is 499 g/mol. The lowest BCUT2D eigenvalue weighted by molar-refractivity contribution is 0.287. The van der Waals surface area contributed by atoms with E-state index in [1.54, 1.807) is 11.3 Å². The summed E-state index contributed by atoms with van der Waals surface area (Å²) < 4.78 is 11.4. The van der Waals surface area contributed by atoms with Crippen molar-refractivity contribution in [2.75, 3.05) is 19.8 Å². The lowest BCUT2D eigenvalue weighted by Gasteiger charge is -2.20. The monoisotopic (exact) mass is 532 g/mol. The molecule has 0 saturated carbocycles. The topological polar surface area (TPSA) is 67.8 Å². The summed E-state index contributed by atoms with van der Waals surface area (Å²) >= 11 is 1.72. The first kappa shape index (κ1) is 25.5. The number of halogens is 1. The zero-order chi connectivity index (χ0) is 20.4. The van der Waals surface area contributed by atoms with E-state index in [2.05, 4.69) is 47.4 Å². The number of thiazole rings is 1. The van der Waals surface area contributed by atoms with Crippen molar-refractivity contribution in [3.63, 3.8) is 0 Å². The van der Waals surface area contributed by atoms with E-state index in [-0.39, 0.29) is 30.0 Å². The summed E-state index contributed by atoms with van der Waals surface area (Å²) in [4.78, 5) is 10.4. The average Bonchev–Trinajstić information content (AvgIpc) is 3.16. The molecule has 0 amide bonds. The van der Waals surface area contributed by atoms with E-state index in [1.807, 2.05) is 32.2 Å². The molecule has 0 aliphatic rings. The van der Waals surface area contributed by atoms with Gasteiger partial charge in [-0.1, -0.05) is 13.0 Å². The number of aromatic nitrogens is 1. The molecule has 29 heavy (non-hydrogen) atoms. The van der Waals surface area contributed by atoms with Crippen molar-refractivity contribution in [3.8, 4) is 11.5 Å². The van der Waals surface area contributed by atoms with E-state index >= 15 is 0 Å². The maximum Gasteiger partial charge on any atom is 0.192 e. The Morgan fingerprint density at radius 2 is 1.86 bits per heavy atom. The van der Waals surface area contributed by atoms with Crippen LogP contribution in [0.3, 0.4) is 0 Å². The Labute approximate surface area is 195 Å². The molecule has 8 heteroatoms. The molecular formula is C21H33IN4O2S. The highest BCUT2D eigenvalue weighted by molar-refractivity contribution is 14.0. The second-order valence-electron chi connectivity index (χ2n) is 6.21. The highest BCUT2D eigenvalue weighted by Gasteiger charge is 2.12. The number of hydrogen-bond acceptors (Lipinski definition) is 5. The third-order valence-corrected chi connectivity index (χ3v) is 5.21. The van der Waals surface area contributed by atoms with Crippen LogP contribution in [0.1, 0.15) is 56.1 Å². The molecule has 1 heterocycles. The van der Waals surface area contributed by atoms with Crippen molar-refractivity contribution in [2.45, 2.75) is 53.6 Å². The number of hydrogen-bond donors (Lipinski definition) is 2. The van der Waals surface area contributed by atoms with E-state index in [1.165, 1.54) is 4.88 Å². The molecule has 0 radical (unpaired) electrons. The number of guanidine groups is 1. The van der Waals surface area contributed by atoms with Gasteiger partial charge in [0.2, 0.25) is 0 Å². The van der Waals surface area contributed by atoms with Gasteiger partial charge in [-0.05, 0) is 51.8 Å². The summed E-state index contributed by atoms with van der Waals surface area (Å²) in [6.07, 6.45) is 2.95. The van der Waals surface area contributed by atoms with Gasteiger partial charge < -0.3 is 20.1 Å². The highest BCUT2D eigenvalue weighted by Crippen LogP contribution is 2.30. The molecule has 0 spiro atoms. The van der Waals surface area contributed by atoms with Crippen molar-refractivity contribution >= 4 is 41.3 Å². The van der Waals surface area contributed by atoms with Crippen LogP contribution in [0.25, 0.3) is 0 Å². The Kier molecular flexibility index (Phi) is 12.0. The molecule has 1 atom stereocenters. The third-order valence-electron chi connectivity index (χ3n) is 4.09. The maximum atomic E-state index is 5.75. The van der Waals surface area contributed by atoms with Crippen molar-refractivity contribution < 1.29 is 9.47 Å². The zero-order valence-corrected chi connectivity index (χ0v) is 21.1. The van der Waals surface area contributed by atoms with Crippen LogP contribution < -0.4 is 20.1 Å². The Morgan fingerprint density at radius 1 is 1.14 bits per heavy atom. The first-order valence-corrected chi connectivity index (χ1v) is 10.8. The standard InChI is InChI=1S/C21H32N4O2S.HI/c1-6-17-13-23-20(28-17)14-24-21(22-7-2)25-15(5)16-10-11-18(26-8-3)19(12-16)27-9-4;/h10-13,15H,6-9,14H2,1-5H3,(H2,22,24,25);1H. The number of rotatable bonds is 10. The van der Waals surface area contributed by atoms with Gasteiger partial charge in [-0.2, -0.15) is 0 Å². The van der Waals surface area contributed by atoms with Gasteiger partial charge in [0.25, 0.3) is 0 Å². The van der Waals surface area contributed by atoms with Crippen LogP contribution in [0.2, 0.25) is 0 Å². The van der Waals surface area contributed by atoms with Crippen molar-refractivity contribution in [3.05, 3.63) is 39.8 Å². The minimum Gasteiger partial charge on any atom is -0.490 e. The van der Waals surface area contributed by atoms with Crippen LogP contribution in [-0.4, -0.2) is 30.7 Å². The second kappa shape index (κ2) is 13.6. The van der Waals surface area contributed by atoms with Crippen LogP contribution in [0.4, 0.5) is 0 Å². The number of aliphatic imine (C=N–C) groups is 1. The Hall–Kier alpha value is -1.55. The van der Waals surface area contributed by atoms with Crippen molar-refractivity contribution in [1.29, 1.82) is 0 Å². The number of ether oxygens (including phenoxy) is 2. The molecule has 1 unspecified atom stereocenters. The highest BCUT2D eigenvalue weighted by atomic mass is 127. The summed E-state index contributed by atoms with van der Waals surface area (Å²) in [5.74, 6) is 2.32. The van der Waals surface area contributed by atoms with Crippen LogP contribution in [0.15, 0.2) is 29.4 Å². The lowest BCUT2D eigenvalue weighted by Crippen LogP contribution is -2.38. The predicted molar refractivity (Wildman–Crippen MR) is 132 cm³/mol. The van der Waals surface area contributed by atoms with Crippen molar-refractivity contribution in [1.82, 2.24) is 15.6 Å². The summed E-state index contributed by atoms with van der Waals surface area (Å²) in [5, 5.41) is 7.80. The fourth-order valence-corrected chi connectivity index (χ4v) is 3.46. The Morgan fingerprint density at radius 3 is 2.48 bits per heavy atom. The summed E-state index contributed by atoms with van der Waals surface area (Å²) in [6, 6.07) is 6.12. The first-order valence-electron chi connectivity index (χ1n) is 9.99. The smallest absolute Gasteiger partial charge is 0.192 e. The fraction of sp³-hybridized carbons (Fsp3) is 0.524. The van der Waals surface area contributed by atoms with Crippen molar-refractivity contribution in [2.24, 2.45) is 4.99 Å². The van der Waals surface area contributed by atoms with E-state index in [9.17, 15) is 0 Å². The number of nitrogens with one attached hydrogen (secondary N) is 2. The number of nitrogens with zero attached hydrogens (tertiary/aromatic N) is 2. The van der Waals surface area contributed by atoms with Crippen LogP contribution in [0.5, 0.6) is 11.5 Å². The van der Waals surface area contributed by atoms with Crippen LogP contribution >= 0.6 is 35.3 Å². The fourth-order valence-electron chi connectivity index (χ4n) is 2.68. The van der Waals surface area contributed by atoms with E-state index < -0.39 is 0 Å². The minimum atomic E-state index is 0. The zero-order valence-electron chi connectivity index (χ0n) is 17.9. The van der Waals surface area contributed by atoms with Gasteiger partial charge in [-0.3, -0.25) is 0 Å².